The van der Waals surface area contributed by atoms with Gasteiger partial charge in [0.05, 0.1) is 5.69 Å². The lowest BCUT2D eigenvalue weighted by Gasteiger charge is -2.22. The summed E-state index contributed by atoms with van der Waals surface area (Å²) in [5, 5.41) is 10.3. The molecule has 1 heterocycles. The summed E-state index contributed by atoms with van der Waals surface area (Å²) in [6, 6.07) is 0.415. The van der Waals surface area contributed by atoms with Crippen molar-refractivity contribution in [1.29, 1.82) is 0 Å². The highest BCUT2D eigenvalue weighted by Gasteiger charge is 2.16. The van der Waals surface area contributed by atoms with Crippen molar-refractivity contribution in [2.24, 2.45) is 0 Å². The molecule has 0 aliphatic heterocycles. The van der Waals surface area contributed by atoms with Crippen molar-refractivity contribution in [2.45, 2.75) is 64.8 Å². The zero-order chi connectivity index (χ0) is 13.0. The van der Waals surface area contributed by atoms with Gasteiger partial charge in [-0.15, -0.1) is 0 Å². The van der Waals surface area contributed by atoms with Crippen LogP contribution in [0.5, 0.6) is 0 Å². The first-order valence-corrected chi connectivity index (χ1v) is 6.96. The Morgan fingerprint density at radius 3 is 2.67 bits per heavy atom. The van der Waals surface area contributed by atoms with Crippen molar-refractivity contribution in [1.82, 2.24) is 15.5 Å². The van der Waals surface area contributed by atoms with E-state index >= 15 is 0 Å². The van der Waals surface area contributed by atoms with E-state index in [2.05, 4.69) is 15.5 Å². The van der Waals surface area contributed by atoms with Gasteiger partial charge in [-0.1, -0.05) is 19.3 Å². The van der Waals surface area contributed by atoms with E-state index in [1.807, 2.05) is 13.8 Å². The molecule has 0 saturated heterocycles. The maximum absolute atomic E-state index is 11.9. The molecule has 2 N–H and O–H groups in total. The highest BCUT2D eigenvalue weighted by Crippen LogP contribution is 2.18. The number of aromatic nitrogens is 2. The van der Waals surface area contributed by atoms with Crippen molar-refractivity contribution in [2.75, 3.05) is 0 Å². The first-order chi connectivity index (χ1) is 8.66. The van der Waals surface area contributed by atoms with Crippen LogP contribution in [0.15, 0.2) is 0 Å². The molecule has 1 aromatic rings. The Morgan fingerprint density at radius 2 is 2.06 bits per heavy atom. The van der Waals surface area contributed by atoms with Gasteiger partial charge in [-0.25, -0.2) is 0 Å². The van der Waals surface area contributed by atoms with E-state index in [0.29, 0.717) is 12.5 Å². The number of aromatic amines is 1. The minimum atomic E-state index is 0.182. The van der Waals surface area contributed by atoms with Crippen LogP contribution in [0.25, 0.3) is 0 Å². The topological polar surface area (TPSA) is 57.8 Å². The van der Waals surface area contributed by atoms with E-state index in [4.69, 9.17) is 0 Å². The summed E-state index contributed by atoms with van der Waals surface area (Å²) in [5.74, 6) is 0.182. The first-order valence-electron chi connectivity index (χ1n) is 6.96. The van der Waals surface area contributed by atoms with Gasteiger partial charge in [-0.2, -0.15) is 5.10 Å². The molecular formula is C14H23N3O. The smallest absolute Gasteiger partial charge is 0.220 e. The predicted molar refractivity (Wildman–Crippen MR) is 71.4 cm³/mol. The molecule has 0 unspecified atom stereocenters. The van der Waals surface area contributed by atoms with E-state index in [0.717, 1.165) is 30.7 Å². The second-order valence-electron chi connectivity index (χ2n) is 5.32. The second kappa shape index (κ2) is 6.03. The lowest BCUT2D eigenvalue weighted by Crippen LogP contribution is -2.36. The van der Waals surface area contributed by atoms with Crippen molar-refractivity contribution < 1.29 is 4.79 Å². The van der Waals surface area contributed by atoms with Crippen LogP contribution in [0.1, 0.15) is 55.5 Å². The van der Waals surface area contributed by atoms with Crippen LogP contribution in [0, 0.1) is 13.8 Å². The molecular weight excluding hydrogens is 226 g/mol. The fourth-order valence-corrected chi connectivity index (χ4v) is 2.73. The average Bonchev–Trinajstić information content (AvgIpc) is 2.68. The van der Waals surface area contributed by atoms with Crippen molar-refractivity contribution >= 4 is 5.91 Å². The highest BCUT2D eigenvalue weighted by atomic mass is 16.1. The lowest BCUT2D eigenvalue weighted by molar-refractivity contribution is -0.121. The monoisotopic (exact) mass is 249 g/mol. The lowest BCUT2D eigenvalue weighted by atomic mass is 9.95. The zero-order valence-electron chi connectivity index (χ0n) is 11.4. The third kappa shape index (κ3) is 3.34. The van der Waals surface area contributed by atoms with Crippen LogP contribution in [0.4, 0.5) is 0 Å². The Morgan fingerprint density at radius 1 is 1.33 bits per heavy atom. The molecule has 1 aliphatic rings. The summed E-state index contributed by atoms with van der Waals surface area (Å²) in [6.45, 7) is 3.99. The number of hydrogen-bond donors (Lipinski definition) is 2. The molecule has 1 amide bonds. The molecule has 1 aliphatic carbocycles. The largest absolute Gasteiger partial charge is 0.353 e. The van der Waals surface area contributed by atoms with Gasteiger partial charge in [0.25, 0.3) is 0 Å². The number of carbonyl (C=O) groups is 1. The molecule has 18 heavy (non-hydrogen) atoms. The summed E-state index contributed by atoms with van der Waals surface area (Å²) in [6.07, 6.45) is 7.48. The van der Waals surface area contributed by atoms with Crippen LogP contribution in [0.2, 0.25) is 0 Å². The van der Waals surface area contributed by atoms with E-state index < -0.39 is 0 Å². The summed E-state index contributed by atoms with van der Waals surface area (Å²) >= 11 is 0. The molecule has 4 heteroatoms. The average molecular weight is 249 g/mol. The van der Waals surface area contributed by atoms with Crippen molar-refractivity contribution in [3.05, 3.63) is 17.0 Å². The Balaban J connectivity index is 1.77. The van der Waals surface area contributed by atoms with Crippen LogP contribution >= 0.6 is 0 Å². The van der Waals surface area contributed by atoms with Gasteiger partial charge in [0.15, 0.2) is 0 Å². The number of carbonyl (C=O) groups excluding carboxylic acids is 1. The van der Waals surface area contributed by atoms with E-state index in [-0.39, 0.29) is 5.91 Å². The fraction of sp³-hybridized carbons (Fsp3) is 0.714. The molecule has 0 radical (unpaired) electrons. The molecule has 1 fully saturated rings. The molecule has 0 aromatic carbocycles. The number of rotatable bonds is 4. The van der Waals surface area contributed by atoms with Gasteiger partial charge >= 0.3 is 0 Å². The normalized spacial score (nSPS) is 16.8. The third-order valence-electron chi connectivity index (χ3n) is 3.85. The Hall–Kier alpha value is -1.32. The number of nitrogens with one attached hydrogen (secondary N) is 2. The quantitative estimate of drug-likeness (QED) is 0.861. The van der Waals surface area contributed by atoms with E-state index in [1.54, 1.807) is 0 Å². The standard InChI is InChI=1S/C14H23N3O/c1-10-13(11(2)17-16-10)8-9-14(18)15-12-6-4-3-5-7-12/h12H,3-9H2,1-2H3,(H,15,18)(H,16,17). The summed E-state index contributed by atoms with van der Waals surface area (Å²) in [4.78, 5) is 11.9. The number of hydrogen-bond acceptors (Lipinski definition) is 2. The van der Waals surface area contributed by atoms with Crippen LogP contribution in [0.3, 0.4) is 0 Å². The van der Waals surface area contributed by atoms with Crippen LogP contribution < -0.4 is 5.32 Å². The molecule has 0 spiro atoms. The molecule has 0 atom stereocenters. The van der Waals surface area contributed by atoms with Crippen molar-refractivity contribution in [3.8, 4) is 0 Å². The molecule has 100 valence electrons. The van der Waals surface area contributed by atoms with Gasteiger partial charge in [-0.05, 0) is 38.7 Å². The maximum Gasteiger partial charge on any atom is 0.220 e. The summed E-state index contributed by atoms with van der Waals surface area (Å²) in [5.41, 5.74) is 3.28. The third-order valence-corrected chi connectivity index (χ3v) is 3.85. The minimum Gasteiger partial charge on any atom is -0.353 e. The van der Waals surface area contributed by atoms with Gasteiger partial charge in [0, 0.05) is 18.2 Å². The number of amides is 1. The molecule has 1 aromatic heterocycles. The SMILES string of the molecule is Cc1n[nH]c(C)c1CCC(=O)NC1CCCCC1. The highest BCUT2D eigenvalue weighted by molar-refractivity contribution is 5.76. The van der Waals surface area contributed by atoms with E-state index in [1.165, 1.54) is 24.8 Å². The number of nitrogens with zero attached hydrogens (tertiary/aromatic N) is 1. The summed E-state index contributed by atoms with van der Waals surface area (Å²) < 4.78 is 0. The first kappa shape index (κ1) is 13.1. The predicted octanol–water partition coefficient (Wildman–Crippen LogP) is 2.41. The van der Waals surface area contributed by atoms with Gasteiger partial charge in [0.1, 0.15) is 0 Å². The molecule has 2 rings (SSSR count). The van der Waals surface area contributed by atoms with Gasteiger partial charge < -0.3 is 5.32 Å². The van der Waals surface area contributed by atoms with Crippen molar-refractivity contribution in [3.63, 3.8) is 0 Å². The maximum atomic E-state index is 11.9. The Kier molecular flexibility index (Phi) is 4.39. The van der Waals surface area contributed by atoms with E-state index in [9.17, 15) is 4.79 Å². The second-order valence-corrected chi connectivity index (χ2v) is 5.32. The van der Waals surface area contributed by atoms with Crippen LogP contribution in [-0.2, 0) is 11.2 Å². The Bertz CT molecular complexity index is 386. The van der Waals surface area contributed by atoms with Gasteiger partial charge in [0.2, 0.25) is 5.91 Å². The fourth-order valence-electron chi connectivity index (χ4n) is 2.73. The summed E-state index contributed by atoms with van der Waals surface area (Å²) in [7, 11) is 0. The molecule has 1 saturated carbocycles. The Labute approximate surface area is 109 Å². The molecule has 0 bridgehead atoms. The van der Waals surface area contributed by atoms with Gasteiger partial charge in [-0.3, -0.25) is 9.89 Å². The minimum absolute atomic E-state index is 0.182. The number of H-pyrrole nitrogens is 1. The number of aryl methyl sites for hydroxylation is 2. The van der Waals surface area contributed by atoms with Crippen LogP contribution in [-0.4, -0.2) is 22.1 Å². The zero-order valence-corrected chi connectivity index (χ0v) is 11.4. The molecule has 4 nitrogen and oxygen atoms in total.